The Balaban J connectivity index is 2.43. The van der Waals surface area contributed by atoms with Crippen LogP contribution in [0.5, 0.6) is 0 Å². The molecule has 0 bridgehead atoms. The predicted octanol–water partition coefficient (Wildman–Crippen LogP) is 0.155. The van der Waals surface area contributed by atoms with E-state index in [0.29, 0.717) is 12.5 Å². The van der Waals surface area contributed by atoms with Crippen LogP contribution in [-0.4, -0.2) is 35.6 Å². The fourth-order valence-electron chi connectivity index (χ4n) is 1.39. The van der Waals surface area contributed by atoms with Crippen molar-refractivity contribution < 1.29 is 14.9 Å². The number of hydrogen-bond acceptors (Lipinski definition) is 3. The molecular formula is C8H16O3. The molecule has 2 N–H and O–H groups in total. The van der Waals surface area contributed by atoms with Gasteiger partial charge in [-0.15, -0.1) is 0 Å². The zero-order valence-corrected chi connectivity index (χ0v) is 6.86. The molecule has 1 aliphatic heterocycles. The fraction of sp³-hybridized carbons (Fsp3) is 1.00. The number of aliphatic hydroxyl groups is 2. The molecule has 0 saturated carbocycles. The third-order valence-electron chi connectivity index (χ3n) is 2.20. The minimum absolute atomic E-state index is 0.0755. The third kappa shape index (κ3) is 2.43. The maximum atomic E-state index is 9.43. The molecule has 0 radical (unpaired) electrons. The molecule has 0 aromatic heterocycles. The van der Waals surface area contributed by atoms with Crippen molar-refractivity contribution in [1.82, 2.24) is 0 Å². The second-order valence-corrected chi connectivity index (χ2v) is 3.29. The molecule has 1 fully saturated rings. The summed E-state index contributed by atoms with van der Waals surface area (Å²) in [6.07, 6.45) is 0.871. The Bertz CT molecular complexity index is 116. The lowest BCUT2D eigenvalue weighted by atomic mass is 9.99. The molecule has 0 aromatic rings. The van der Waals surface area contributed by atoms with Crippen molar-refractivity contribution in [1.29, 1.82) is 0 Å². The zero-order chi connectivity index (χ0) is 8.27. The Hall–Kier alpha value is -0.120. The van der Waals surface area contributed by atoms with Crippen LogP contribution in [0.3, 0.4) is 0 Å². The molecule has 1 aliphatic rings. The van der Waals surface area contributed by atoms with Crippen molar-refractivity contribution in [3.63, 3.8) is 0 Å². The maximum Gasteiger partial charge on any atom is 0.106 e. The smallest absolute Gasteiger partial charge is 0.106 e. The van der Waals surface area contributed by atoms with Crippen molar-refractivity contribution in [2.45, 2.75) is 32.0 Å². The standard InChI is InChI=1S/C8H16O3/c1-6-2-3-11-8(5-9)7(10)4-6/h6-10H,2-5H2,1H3/t6-,7-,8?/m0/s1. The minimum atomic E-state index is -0.488. The molecule has 0 spiro atoms. The molecule has 1 unspecified atom stereocenters. The monoisotopic (exact) mass is 160 g/mol. The zero-order valence-electron chi connectivity index (χ0n) is 6.86. The Morgan fingerprint density at radius 2 is 2.27 bits per heavy atom. The van der Waals surface area contributed by atoms with Crippen molar-refractivity contribution in [2.75, 3.05) is 13.2 Å². The largest absolute Gasteiger partial charge is 0.394 e. The van der Waals surface area contributed by atoms with Crippen molar-refractivity contribution >= 4 is 0 Å². The lowest BCUT2D eigenvalue weighted by Crippen LogP contribution is -2.31. The Labute approximate surface area is 67.0 Å². The average molecular weight is 160 g/mol. The highest BCUT2D eigenvalue weighted by Gasteiger charge is 2.24. The van der Waals surface area contributed by atoms with Gasteiger partial charge >= 0.3 is 0 Å². The van der Waals surface area contributed by atoms with Gasteiger partial charge in [0.15, 0.2) is 0 Å². The summed E-state index contributed by atoms with van der Waals surface area (Å²) in [5.41, 5.74) is 0. The highest BCUT2D eigenvalue weighted by molar-refractivity contribution is 4.74. The van der Waals surface area contributed by atoms with Gasteiger partial charge in [0, 0.05) is 6.61 Å². The summed E-state index contributed by atoms with van der Waals surface area (Å²) >= 11 is 0. The molecule has 1 heterocycles. The van der Waals surface area contributed by atoms with E-state index in [9.17, 15) is 5.11 Å². The van der Waals surface area contributed by atoms with E-state index in [1.807, 2.05) is 0 Å². The molecule has 0 amide bonds. The molecule has 66 valence electrons. The summed E-state index contributed by atoms with van der Waals surface area (Å²) in [5.74, 6) is 0.501. The second kappa shape index (κ2) is 4.04. The maximum absolute atomic E-state index is 9.43. The SMILES string of the molecule is C[C@H]1CCOC(CO)[C@@H](O)C1. The van der Waals surface area contributed by atoms with Crippen LogP contribution in [0.4, 0.5) is 0 Å². The van der Waals surface area contributed by atoms with Crippen molar-refractivity contribution in [3.05, 3.63) is 0 Å². The first-order valence-corrected chi connectivity index (χ1v) is 4.14. The van der Waals surface area contributed by atoms with Crippen LogP contribution in [0.25, 0.3) is 0 Å². The van der Waals surface area contributed by atoms with E-state index >= 15 is 0 Å². The third-order valence-corrected chi connectivity index (χ3v) is 2.20. The van der Waals surface area contributed by atoms with Crippen LogP contribution < -0.4 is 0 Å². The van der Waals surface area contributed by atoms with Gasteiger partial charge in [-0.1, -0.05) is 6.92 Å². The summed E-state index contributed by atoms with van der Waals surface area (Å²) in [7, 11) is 0. The number of aliphatic hydroxyl groups excluding tert-OH is 2. The second-order valence-electron chi connectivity index (χ2n) is 3.29. The van der Waals surface area contributed by atoms with Gasteiger partial charge in [-0.2, -0.15) is 0 Å². The van der Waals surface area contributed by atoms with Crippen LogP contribution in [0.2, 0.25) is 0 Å². The van der Waals surface area contributed by atoms with Crippen LogP contribution in [0, 0.1) is 5.92 Å². The molecule has 1 saturated heterocycles. The fourth-order valence-corrected chi connectivity index (χ4v) is 1.39. The molecule has 3 atom stereocenters. The molecule has 0 aliphatic carbocycles. The summed E-state index contributed by atoms with van der Waals surface area (Å²) in [4.78, 5) is 0. The van der Waals surface area contributed by atoms with Crippen LogP contribution in [0.1, 0.15) is 19.8 Å². The summed E-state index contributed by atoms with van der Waals surface area (Å²) in [5, 5.41) is 18.2. The molecule has 0 aromatic carbocycles. The average Bonchev–Trinajstić information content (AvgIpc) is 2.11. The molecule has 3 heteroatoms. The van der Waals surface area contributed by atoms with E-state index in [1.54, 1.807) is 0 Å². The van der Waals surface area contributed by atoms with Crippen LogP contribution in [0.15, 0.2) is 0 Å². The predicted molar refractivity (Wildman–Crippen MR) is 41.2 cm³/mol. The molecule has 3 nitrogen and oxygen atoms in total. The molecule has 11 heavy (non-hydrogen) atoms. The molecular weight excluding hydrogens is 144 g/mol. The summed E-state index contributed by atoms with van der Waals surface area (Å²) in [6, 6.07) is 0. The van der Waals surface area contributed by atoms with Gasteiger partial charge in [0.1, 0.15) is 6.10 Å². The van der Waals surface area contributed by atoms with Gasteiger partial charge in [0.2, 0.25) is 0 Å². The van der Waals surface area contributed by atoms with Crippen LogP contribution >= 0.6 is 0 Å². The first-order valence-electron chi connectivity index (χ1n) is 4.14. The van der Waals surface area contributed by atoms with Gasteiger partial charge in [-0.05, 0) is 18.8 Å². The van der Waals surface area contributed by atoms with Gasteiger partial charge in [-0.3, -0.25) is 0 Å². The van der Waals surface area contributed by atoms with E-state index in [-0.39, 0.29) is 12.7 Å². The normalized spacial score (nSPS) is 40.1. The van der Waals surface area contributed by atoms with Gasteiger partial charge in [0.25, 0.3) is 0 Å². The highest BCUT2D eigenvalue weighted by atomic mass is 16.5. The van der Waals surface area contributed by atoms with E-state index in [4.69, 9.17) is 9.84 Å². The number of ether oxygens (including phenoxy) is 1. The molecule has 1 rings (SSSR count). The Kier molecular flexibility index (Phi) is 3.30. The van der Waals surface area contributed by atoms with Crippen LogP contribution in [-0.2, 0) is 4.74 Å². The Morgan fingerprint density at radius 1 is 1.55 bits per heavy atom. The first kappa shape index (κ1) is 8.97. The number of hydrogen-bond donors (Lipinski definition) is 2. The van der Waals surface area contributed by atoms with E-state index in [0.717, 1.165) is 12.8 Å². The lowest BCUT2D eigenvalue weighted by molar-refractivity contribution is -0.0528. The first-order chi connectivity index (χ1) is 5.24. The summed E-state index contributed by atoms with van der Waals surface area (Å²) < 4.78 is 5.23. The summed E-state index contributed by atoms with van der Waals surface area (Å²) in [6.45, 7) is 2.67. The van der Waals surface area contributed by atoms with Gasteiger partial charge in [0.05, 0.1) is 12.7 Å². The highest BCUT2D eigenvalue weighted by Crippen LogP contribution is 2.18. The minimum Gasteiger partial charge on any atom is -0.394 e. The van der Waals surface area contributed by atoms with Crippen molar-refractivity contribution in [3.8, 4) is 0 Å². The van der Waals surface area contributed by atoms with Gasteiger partial charge in [-0.25, -0.2) is 0 Å². The Morgan fingerprint density at radius 3 is 2.91 bits per heavy atom. The van der Waals surface area contributed by atoms with Crippen molar-refractivity contribution in [2.24, 2.45) is 5.92 Å². The van der Waals surface area contributed by atoms with E-state index in [2.05, 4.69) is 6.92 Å². The number of rotatable bonds is 1. The van der Waals surface area contributed by atoms with E-state index < -0.39 is 6.10 Å². The van der Waals surface area contributed by atoms with Gasteiger partial charge < -0.3 is 14.9 Å². The lowest BCUT2D eigenvalue weighted by Gasteiger charge is -2.17. The van der Waals surface area contributed by atoms with E-state index in [1.165, 1.54) is 0 Å². The topological polar surface area (TPSA) is 49.7 Å². The quantitative estimate of drug-likeness (QED) is 0.574.